The van der Waals surface area contributed by atoms with Crippen molar-refractivity contribution in [3.63, 3.8) is 0 Å². The van der Waals surface area contributed by atoms with Gasteiger partial charge in [0.25, 0.3) is 5.91 Å². The second kappa shape index (κ2) is 10.4. The minimum absolute atomic E-state index is 0.0257. The first kappa shape index (κ1) is 24.7. The smallest absolute Gasteiger partial charge is 0.341 e. The summed E-state index contributed by atoms with van der Waals surface area (Å²) >= 11 is 0. The van der Waals surface area contributed by atoms with Crippen LogP contribution in [0.2, 0.25) is 0 Å². The molecule has 0 unspecified atom stereocenters. The highest BCUT2D eigenvalue weighted by atomic mass is 16.5. The maximum atomic E-state index is 13.0. The molecule has 1 aliphatic rings. The van der Waals surface area contributed by atoms with Crippen LogP contribution in [-0.2, 0) is 11.2 Å². The van der Waals surface area contributed by atoms with E-state index in [1.54, 1.807) is 18.3 Å². The summed E-state index contributed by atoms with van der Waals surface area (Å²) in [6.07, 6.45) is 6.35. The Bertz CT molecular complexity index is 973. The van der Waals surface area contributed by atoms with E-state index in [4.69, 9.17) is 4.74 Å². The van der Waals surface area contributed by atoms with Gasteiger partial charge in [-0.25, -0.2) is 9.78 Å². The topological polar surface area (TPSA) is 80.3 Å². The van der Waals surface area contributed by atoms with Crippen molar-refractivity contribution in [3.8, 4) is 0 Å². The van der Waals surface area contributed by atoms with Gasteiger partial charge in [-0.2, -0.15) is 0 Å². The van der Waals surface area contributed by atoms with Crippen LogP contribution in [0, 0.1) is 10.8 Å². The van der Waals surface area contributed by atoms with Crippen molar-refractivity contribution in [2.45, 2.75) is 65.8 Å². The Kier molecular flexibility index (Phi) is 7.77. The molecule has 1 aromatic heterocycles. The number of aromatic nitrogens is 1. The molecule has 1 amide bonds. The van der Waals surface area contributed by atoms with Crippen molar-refractivity contribution in [1.82, 2.24) is 10.3 Å². The molecule has 0 radical (unpaired) electrons. The summed E-state index contributed by atoms with van der Waals surface area (Å²) in [5.41, 5.74) is 2.52. The van der Waals surface area contributed by atoms with Gasteiger partial charge in [0.1, 0.15) is 11.4 Å². The van der Waals surface area contributed by atoms with Gasteiger partial charge < -0.3 is 15.4 Å². The van der Waals surface area contributed by atoms with Crippen LogP contribution in [0.5, 0.6) is 0 Å². The molecule has 1 saturated carbocycles. The van der Waals surface area contributed by atoms with E-state index in [0.29, 0.717) is 17.9 Å². The van der Waals surface area contributed by atoms with E-state index < -0.39 is 5.97 Å². The van der Waals surface area contributed by atoms with E-state index in [-0.39, 0.29) is 22.8 Å². The number of hydrogen-bond donors (Lipinski definition) is 2. The number of esters is 1. The van der Waals surface area contributed by atoms with E-state index in [1.165, 1.54) is 7.11 Å². The average Bonchev–Trinajstić information content (AvgIpc) is 2.78. The van der Waals surface area contributed by atoms with Gasteiger partial charge in [-0.3, -0.25) is 4.79 Å². The average molecular weight is 452 g/mol. The van der Waals surface area contributed by atoms with Gasteiger partial charge in [-0.05, 0) is 66.7 Å². The lowest BCUT2D eigenvalue weighted by atomic mass is 9.74. The van der Waals surface area contributed by atoms with E-state index in [1.807, 2.05) is 18.2 Å². The number of ether oxygens (including phenoxy) is 1. The van der Waals surface area contributed by atoms with Crippen LogP contribution in [0.4, 0.5) is 5.82 Å². The Balaban J connectivity index is 1.56. The Hall–Kier alpha value is -2.89. The van der Waals surface area contributed by atoms with Gasteiger partial charge >= 0.3 is 5.97 Å². The minimum Gasteiger partial charge on any atom is -0.465 e. The van der Waals surface area contributed by atoms with Gasteiger partial charge in [0.2, 0.25) is 0 Å². The molecule has 1 fully saturated rings. The number of amides is 1. The zero-order chi connectivity index (χ0) is 24.1. The monoisotopic (exact) mass is 451 g/mol. The molecule has 0 saturated heterocycles. The molecule has 3 rings (SSSR count). The first-order valence-electron chi connectivity index (χ1n) is 11.8. The van der Waals surface area contributed by atoms with Crippen LogP contribution in [-0.4, -0.2) is 36.6 Å². The van der Waals surface area contributed by atoms with Crippen LogP contribution in [0.3, 0.4) is 0 Å². The van der Waals surface area contributed by atoms with E-state index in [0.717, 1.165) is 43.2 Å². The highest BCUT2D eigenvalue weighted by Gasteiger charge is 2.32. The van der Waals surface area contributed by atoms with Gasteiger partial charge in [-0.15, -0.1) is 0 Å². The number of anilines is 1. The van der Waals surface area contributed by atoms with E-state index in [2.05, 4.69) is 49.4 Å². The molecule has 0 aliphatic heterocycles. The van der Waals surface area contributed by atoms with Crippen molar-refractivity contribution in [3.05, 3.63) is 59.3 Å². The van der Waals surface area contributed by atoms with Crippen molar-refractivity contribution >= 4 is 17.7 Å². The fraction of sp³-hybridized carbons (Fsp3) is 0.519. The van der Waals surface area contributed by atoms with Gasteiger partial charge in [-0.1, -0.05) is 45.9 Å². The third-order valence-electron chi connectivity index (χ3n) is 6.41. The predicted molar refractivity (Wildman–Crippen MR) is 131 cm³/mol. The molecule has 6 nitrogen and oxygen atoms in total. The number of methoxy groups -OCH3 is 1. The molecule has 178 valence electrons. The SMILES string of the molecule is COC(=O)c1cccnc1NCC1(C)CCC(NC(=O)c2ccccc2CC(C)(C)C)CC1. The third kappa shape index (κ3) is 6.80. The predicted octanol–water partition coefficient (Wildman–Crippen LogP) is 5.25. The van der Waals surface area contributed by atoms with Gasteiger partial charge in [0.05, 0.1) is 7.11 Å². The number of hydrogen-bond acceptors (Lipinski definition) is 5. The second-order valence-corrected chi connectivity index (χ2v) is 10.7. The van der Waals surface area contributed by atoms with Gasteiger partial charge in [0.15, 0.2) is 0 Å². The fourth-order valence-corrected chi connectivity index (χ4v) is 4.48. The molecule has 1 aromatic carbocycles. The highest BCUT2D eigenvalue weighted by Crippen LogP contribution is 2.36. The summed E-state index contributed by atoms with van der Waals surface area (Å²) in [4.78, 5) is 29.3. The molecule has 0 atom stereocenters. The zero-order valence-electron chi connectivity index (χ0n) is 20.5. The van der Waals surface area contributed by atoms with Crippen LogP contribution in [0.25, 0.3) is 0 Å². The summed E-state index contributed by atoms with van der Waals surface area (Å²) in [5, 5.41) is 6.62. The van der Waals surface area contributed by atoms with Crippen LogP contribution in [0.1, 0.15) is 79.7 Å². The zero-order valence-corrected chi connectivity index (χ0v) is 20.5. The number of nitrogens with one attached hydrogen (secondary N) is 2. The molecule has 0 spiro atoms. The molecular weight excluding hydrogens is 414 g/mol. The maximum Gasteiger partial charge on any atom is 0.341 e. The number of rotatable bonds is 7. The first-order valence-corrected chi connectivity index (χ1v) is 11.8. The Morgan fingerprint density at radius 2 is 1.76 bits per heavy atom. The van der Waals surface area contributed by atoms with Gasteiger partial charge in [0, 0.05) is 24.3 Å². The lowest BCUT2D eigenvalue weighted by molar-refractivity contribution is 0.0601. The molecule has 2 N–H and O–H groups in total. The second-order valence-electron chi connectivity index (χ2n) is 10.7. The van der Waals surface area contributed by atoms with Crippen LogP contribution < -0.4 is 10.6 Å². The summed E-state index contributed by atoms with van der Waals surface area (Å²) in [6.45, 7) is 9.53. The van der Waals surface area contributed by atoms with Crippen molar-refractivity contribution in [2.75, 3.05) is 19.0 Å². The number of carbonyl (C=O) groups is 2. The summed E-state index contributed by atoms with van der Waals surface area (Å²) < 4.78 is 4.86. The molecule has 1 aliphatic carbocycles. The summed E-state index contributed by atoms with van der Waals surface area (Å²) in [5.74, 6) is 0.183. The molecular formula is C27H37N3O3. The molecule has 0 bridgehead atoms. The van der Waals surface area contributed by atoms with Crippen molar-refractivity contribution in [2.24, 2.45) is 10.8 Å². The number of benzene rings is 1. The van der Waals surface area contributed by atoms with E-state index >= 15 is 0 Å². The molecule has 2 aromatic rings. The van der Waals surface area contributed by atoms with Crippen molar-refractivity contribution < 1.29 is 14.3 Å². The fourth-order valence-electron chi connectivity index (χ4n) is 4.48. The molecule has 33 heavy (non-hydrogen) atoms. The Morgan fingerprint density at radius 1 is 1.09 bits per heavy atom. The van der Waals surface area contributed by atoms with E-state index in [9.17, 15) is 9.59 Å². The summed E-state index contributed by atoms with van der Waals surface area (Å²) in [6, 6.07) is 11.5. The maximum absolute atomic E-state index is 13.0. The molecule has 1 heterocycles. The quantitative estimate of drug-likeness (QED) is 0.562. The lowest BCUT2D eigenvalue weighted by Gasteiger charge is -2.38. The summed E-state index contributed by atoms with van der Waals surface area (Å²) in [7, 11) is 1.37. The highest BCUT2D eigenvalue weighted by molar-refractivity contribution is 5.96. The molecule has 6 heteroatoms. The van der Waals surface area contributed by atoms with Crippen molar-refractivity contribution in [1.29, 1.82) is 0 Å². The number of pyridine rings is 1. The third-order valence-corrected chi connectivity index (χ3v) is 6.41. The minimum atomic E-state index is -0.395. The normalized spacial score (nSPS) is 20.7. The first-order chi connectivity index (χ1) is 15.6. The Morgan fingerprint density at radius 3 is 2.42 bits per heavy atom. The Labute approximate surface area is 197 Å². The number of carbonyl (C=O) groups excluding carboxylic acids is 2. The van der Waals surface area contributed by atoms with Crippen LogP contribution >= 0.6 is 0 Å². The van der Waals surface area contributed by atoms with Crippen LogP contribution in [0.15, 0.2) is 42.6 Å². The lowest BCUT2D eigenvalue weighted by Crippen LogP contribution is -2.42. The standard InChI is InChI=1S/C27H37N3O3/c1-26(2,3)17-19-9-6-7-10-21(19)24(31)30-20-12-14-27(4,15-13-20)18-29-23-22(25(32)33-5)11-8-16-28-23/h6-11,16,20H,12-15,17-18H2,1-5H3,(H,28,29)(H,30,31). The largest absolute Gasteiger partial charge is 0.465 e. The number of nitrogens with zero attached hydrogens (tertiary/aromatic N) is 1.